The van der Waals surface area contributed by atoms with Crippen molar-refractivity contribution >= 4 is 76.0 Å². The van der Waals surface area contributed by atoms with E-state index in [-0.39, 0.29) is 23.3 Å². The van der Waals surface area contributed by atoms with Gasteiger partial charge in [0.15, 0.2) is 5.13 Å². The van der Waals surface area contributed by atoms with Gasteiger partial charge in [-0.3, -0.25) is 14.5 Å². The maximum atomic E-state index is 13.4. The number of β-lactam (4-membered cyclic amide) rings is 1. The third kappa shape index (κ3) is 7.92. The molecule has 3 N–H and O–H groups in total. The second-order valence-electron chi connectivity index (χ2n) is 9.94. The van der Waals surface area contributed by atoms with Crippen LogP contribution in [0.5, 0.6) is 5.88 Å². The van der Waals surface area contributed by atoms with Gasteiger partial charge in [0.1, 0.15) is 23.3 Å². The number of fused-ring (bicyclic) bond motifs is 1. The Hall–Kier alpha value is -4.03. The van der Waals surface area contributed by atoms with E-state index in [1.165, 1.54) is 46.9 Å². The van der Waals surface area contributed by atoms with Gasteiger partial charge in [0, 0.05) is 18.1 Å². The van der Waals surface area contributed by atoms with Gasteiger partial charge in [-0.05, 0) is 41.9 Å². The number of rotatable bonds is 11. The fourth-order valence-corrected chi connectivity index (χ4v) is 6.96. The number of allylic oxidation sites excluding steroid dienone is 1. The van der Waals surface area contributed by atoms with Crippen LogP contribution in [0.4, 0.5) is 9.93 Å². The molecule has 1 saturated carbocycles. The number of hydrogen-bond acceptors (Lipinski definition) is 16. The fourth-order valence-electron chi connectivity index (χ4n) is 4.76. The number of nitrogens with zero attached hydrogens (tertiary/aromatic N) is 5. The highest BCUT2D eigenvalue weighted by Crippen LogP contribution is 2.41. The Balaban J connectivity index is 1.22. The number of nitrogens with two attached hydrogens (primary N) is 1. The van der Waals surface area contributed by atoms with E-state index < -0.39 is 41.6 Å². The Bertz CT molecular complexity index is 1450. The maximum absolute atomic E-state index is 13.4. The van der Waals surface area contributed by atoms with Crippen molar-refractivity contribution in [1.29, 1.82) is 0 Å². The minimum atomic E-state index is -1.29. The number of carbonyl (C=O) groups is 4. The van der Waals surface area contributed by atoms with Crippen molar-refractivity contribution in [1.82, 2.24) is 24.8 Å². The molecule has 1 aliphatic carbocycles. The molecule has 234 valence electrons. The van der Waals surface area contributed by atoms with Crippen molar-refractivity contribution in [3.63, 3.8) is 0 Å². The predicted molar refractivity (Wildman–Crippen MR) is 161 cm³/mol. The monoisotopic (exact) mass is 663 g/mol. The van der Waals surface area contributed by atoms with Gasteiger partial charge in [0.2, 0.25) is 6.29 Å². The summed E-state index contributed by atoms with van der Waals surface area (Å²) in [6.45, 7) is 1.63. The van der Waals surface area contributed by atoms with Gasteiger partial charge in [0.25, 0.3) is 17.7 Å². The number of anilines is 1. The second kappa shape index (κ2) is 14.6. The summed E-state index contributed by atoms with van der Waals surface area (Å²) in [5.41, 5.74) is 6.54. The first kappa shape index (κ1) is 31.4. The number of carbonyl (C=O) groups excluding carboxylic acids is 4. The first-order valence-electron chi connectivity index (χ1n) is 13.7. The van der Waals surface area contributed by atoms with Crippen molar-refractivity contribution in [2.45, 2.75) is 56.7 Å². The quantitative estimate of drug-likeness (QED) is 0.117. The molecule has 0 spiro atoms. The number of thioether (sulfide) groups is 1. The molecule has 3 aliphatic rings. The topological polar surface area (TPSA) is 198 Å². The highest BCUT2D eigenvalue weighted by Gasteiger charge is 2.54. The molecule has 3 unspecified atom stereocenters. The van der Waals surface area contributed by atoms with Gasteiger partial charge in [-0.15, -0.1) is 28.2 Å². The van der Waals surface area contributed by atoms with Crippen LogP contribution in [0.25, 0.3) is 6.08 Å². The van der Waals surface area contributed by atoms with Gasteiger partial charge in [-0.2, -0.15) is 4.98 Å². The average molecular weight is 664 g/mol. The molecule has 2 fully saturated rings. The molecule has 0 bridgehead atoms. The van der Waals surface area contributed by atoms with E-state index in [1.54, 1.807) is 17.5 Å². The van der Waals surface area contributed by atoms with Crippen LogP contribution in [0.15, 0.2) is 33.3 Å². The molecule has 2 amide bonds. The van der Waals surface area contributed by atoms with Gasteiger partial charge < -0.3 is 30.1 Å². The summed E-state index contributed by atoms with van der Waals surface area (Å²) in [5, 5.41) is 13.0. The van der Waals surface area contributed by atoms with Crippen LogP contribution in [-0.4, -0.2) is 79.7 Å². The summed E-state index contributed by atoms with van der Waals surface area (Å²) in [5.74, 6) is -1.38. The molecule has 0 aromatic carbocycles. The Morgan fingerprint density at radius 1 is 1.20 bits per heavy atom. The lowest BCUT2D eigenvalue weighted by atomic mass is 9.90. The van der Waals surface area contributed by atoms with Crippen molar-refractivity contribution in [3.05, 3.63) is 33.8 Å². The van der Waals surface area contributed by atoms with Crippen molar-refractivity contribution < 1.29 is 38.2 Å². The molecular formula is C26H29N7O8S3. The largest absolute Gasteiger partial charge is 0.511 e. The minimum absolute atomic E-state index is 0.0344. The van der Waals surface area contributed by atoms with Crippen LogP contribution < -0.4 is 15.9 Å². The maximum Gasteiger partial charge on any atom is 0.511 e. The molecule has 44 heavy (non-hydrogen) atoms. The van der Waals surface area contributed by atoms with E-state index in [4.69, 9.17) is 24.8 Å². The normalized spacial score (nSPS) is 21.1. The number of ether oxygens (including phenoxy) is 3. The van der Waals surface area contributed by atoms with Crippen LogP contribution in [0.1, 0.15) is 44.7 Å². The van der Waals surface area contributed by atoms with Crippen LogP contribution in [0, 0.1) is 5.92 Å². The highest BCUT2D eigenvalue weighted by molar-refractivity contribution is 8.00. The standard InChI is InChI=1S/C26H29N7O8S3/c1-14(40-26(37)38-10-15-5-3-2-4-6-15)39-24(36)21-16(7-8-17-12-44-32-31-17)11-42-23-20(22(35)33(21)23)29-18(34)9-28-41-19-13-43-25(27)30-19/h7-9,12-15,20,23H,2-6,10-11H2,1H3,(H2,27,30)(H,29,34)/b8-7-,28-9-. The summed E-state index contributed by atoms with van der Waals surface area (Å²) in [7, 11) is 0. The lowest BCUT2D eigenvalue weighted by Gasteiger charge is -2.49. The number of nitrogen functional groups attached to an aromatic ring is 1. The van der Waals surface area contributed by atoms with Gasteiger partial charge in [0.05, 0.1) is 17.7 Å². The molecule has 0 radical (unpaired) electrons. The molecule has 4 heterocycles. The van der Waals surface area contributed by atoms with E-state index in [2.05, 4.69) is 25.0 Å². The Morgan fingerprint density at radius 3 is 2.75 bits per heavy atom. The Morgan fingerprint density at radius 2 is 2.02 bits per heavy atom. The summed E-state index contributed by atoms with van der Waals surface area (Å²) in [6.07, 6.45) is 7.32. The Labute approximate surface area is 264 Å². The summed E-state index contributed by atoms with van der Waals surface area (Å²) in [6, 6.07) is -0.937. The molecule has 18 heteroatoms. The molecule has 1 saturated heterocycles. The van der Waals surface area contributed by atoms with E-state index in [0.717, 1.165) is 43.2 Å². The van der Waals surface area contributed by atoms with Crippen LogP contribution in [0.2, 0.25) is 0 Å². The first-order chi connectivity index (χ1) is 21.3. The number of hydrogen-bond donors (Lipinski definition) is 2. The lowest BCUT2D eigenvalue weighted by Crippen LogP contribution is -2.70. The smallest absolute Gasteiger partial charge is 0.434 e. The van der Waals surface area contributed by atoms with Crippen LogP contribution in [0.3, 0.4) is 0 Å². The first-order valence-corrected chi connectivity index (χ1v) is 16.4. The zero-order chi connectivity index (χ0) is 31.1. The van der Waals surface area contributed by atoms with Gasteiger partial charge >= 0.3 is 12.1 Å². The van der Waals surface area contributed by atoms with E-state index in [1.807, 2.05) is 0 Å². The molecule has 3 atom stereocenters. The fraction of sp³-hybridized carbons (Fsp3) is 0.462. The van der Waals surface area contributed by atoms with Crippen molar-refractivity contribution in [2.24, 2.45) is 11.1 Å². The molecule has 2 aliphatic heterocycles. The molecule has 2 aromatic heterocycles. The number of nitrogens with one attached hydrogen (secondary N) is 1. The molecule has 2 aromatic rings. The van der Waals surface area contributed by atoms with E-state index in [9.17, 15) is 19.2 Å². The highest BCUT2D eigenvalue weighted by atomic mass is 32.2. The van der Waals surface area contributed by atoms with Gasteiger partial charge in [-0.25, -0.2) is 9.59 Å². The number of aromatic nitrogens is 3. The lowest BCUT2D eigenvalue weighted by molar-refractivity contribution is -0.169. The third-order valence-corrected chi connectivity index (χ3v) is 9.31. The van der Waals surface area contributed by atoms with E-state index >= 15 is 0 Å². The average Bonchev–Trinajstić information content (AvgIpc) is 3.69. The Kier molecular flexibility index (Phi) is 10.4. The summed E-state index contributed by atoms with van der Waals surface area (Å²) >= 11 is 3.66. The third-order valence-electron chi connectivity index (χ3n) is 6.83. The van der Waals surface area contributed by atoms with Crippen molar-refractivity contribution in [3.8, 4) is 5.88 Å². The van der Waals surface area contributed by atoms with Crippen LogP contribution in [-0.2, 0) is 28.6 Å². The molecule has 5 rings (SSSR count). The SMILES string of the molecule is CC(OC(=O)OCC1CCCCC1)OC(=O)C1=C(/C=C\c2csnn2)CSC2C(NC(=O)/C=N\Oc3csc(N)n3)C(=O)N12. The van der Waals surface area contributed by atoms with Crippen molar-refractivity contribution in [2.75, 3.05) is 18.1 Å². The second-order valence-corrected chi connectivity index (χ2v) is 12.5. The van der Waals surface area contributed by atoms with Gasteiger partial charge in [-0.1, -0.05) is 35.0 Å². The van der Waals surface area contributed by atoms with Crippen LogP contribution >= 0.6 is 34.6 Å². The molecular weight excluding hydrogens is 635 g/mol. The number of esters is 1. The zero-order valence-electron chi connectivity index (χ0n) is 23.5. The molecule has 15 nitrogen and oxygen atoms in total. The van der Waals surface area contributed by atoms with E-state index in [0.29, 0.717) is 22.9 Å². The summed E-state index contributed by atoms with van der Waals surface area (Å²) in [4.78, 5) is 61.4. The number of amides is 2. The summed E-state index contributed by atoms with van der Waals surface area (Å²) < 4.78 is 19.6. The number of thiazole rings is 1. The predicted octanol–water partition coefficient (Wildman–Crippen LogP) is 2.93. The number of oxime groups is 1. The zero-order valence-corrected chi connectivity index (χ0v) is 25.9. The minimum Gasteiger partial charge on any atom is -0.434 e.